The number of alkyl halides is 1. The molecule has 7 nitrogen and oxygen atoms in total. The molecular weight excluding hydrogens is 1510 g/mol. The number of allylic oxidation sites excluding steroid dienone is 8. The van der Waals surface area contributed by atoms with Crippen molar-refractivity contribution in [2.45, 2.75) is 364 Å². The Kier molecular flexibility index (Phi) is 136. The first kappa shape index (κ1) is 112. The summed E-state index contributed by atoms with van der Waals surface area (Å²) in [6.07, 6.45) is 77.2. The Morgan fingerprint density at radius 3 is 0.979 bits per heavy atom. The number of esters is 2. The molecule has 0 radical (unpaired) electrons. The first-order valence-electron chi connectivity index (χ1n) is 36.7. The van der Waals surface area contributed by atoms with Crippen LogP contribution < -0.4 is 0 Å². The van der Waals surface area contributed by atoms with E-state index in [-0.39, 0.29) is 46.5 Å². The van der Waals surface area contributed by atoms with Crippen molar-refractivity contribution in [2.24, 2.45) is 0 Å². The zero-order valence-electron chi connectivity index (χ0n) is 62.2. The van der Waals surface area contributed by atoms with Crippen LogP contribution in [0.2, 0.25) is 0 Å². The Morgan fingerprint density at radius 2 is 0.663 bits per heavy atom. The largest absolute Gasteiger partial charge is 0.481 e. The number of aliphatic hydroxyl groups excluding tert-OH is 1. The molecule has 556 valence electrons. The maximum absolute atomic E-state index is 11.1. The molecule has 0 saturated carbocycles. The van der Waals surface area contributed by atoms with Crippen LogP contribution >= 0.6 is 66.4 Å². The summed E-state index contributed by atoms with van der Waals surface area (Å²) >= 11 is 12.8. The van der Waals surface area contributed by atoms with Crippen molar-refractivity contribution in [3.63, 3.8) is 0 Å². The fourth-order valence-corrected chi connectivity index (χ4v) is 8.34. The summed E-state index contributed by atoms with van der Waals surface area (Å²) in [5, 5.41) is 17.6. The van der Waals surface area contributed by atoms with Crippen molar-refractivity contribution in [3.05, 3.63) is 56.0 Å². The predicted octanol–water partition coefficient (Wildman–Crippen LogP) is 28.1. The van der Waals surface area contributed by atoms with Gasteiger partial charge in [0.05, 0.1) is 25.0 Å². The van der Waals surface area contributed by atoms with Gasteiger partial charge in [0.15, 0.2) is 0 Å². The number of aliphatic hydroxyl groups is 1. The number of halogens is 4. The van der Waals surface area contributed by atoms with E-state index in [2.05, 4.69) is 206 Å². The number of ether oxygens (including phenoxy) is 2. The van der Waals surface area contributed by atoms with Crippen LogP contribution in [-0.4, -0.2) is 53.3 Å². The van der Waals surface area contributed by atoms with Gasteiger partial charge in [0.2, 0.25) is 0 Å². The van der Waals surface area contributed by atoms with Crippen LogP contribution in [0.15, 0.2) is 48.6 Å². The third-order valence-corrected chi connectivity index (χ3v) is 13.7. The summed E-state index contributed by atoms with van der Waals surface area (Å²) in [5.41, 5.74) is 0. The molecule has 0 aliphatic rings. The molecule has 0 aliphatic carbocycles. The first-order valence-corrected chi connectivity index (χ1v) is 45.2. The number of terminal acetylenes is 1. The Bertz CT molecular complexity index is 1890. The molecule has 0 aromatic rings. The summed E-state index contributed by atoms with van der Waals surface area (Å²) < 4.78 is 9.62. The minimum absolute atomic E-state index is 0. The topological polar surface area (TPSA) is 110 Å². The molecule has 2 N–H and O–H groups in total. The second-order valence-electron chi connectivity index (χ2n) is 22.3. The van der Waals surface area contributed by atoms with Crippen LogP contribution in [0.3, 0.4) is 0 Å². The molecule has 0 aromatic heterocycles. The molecule has 0 heterocycles. The number of hydrogen-bond acceptors (Lipinski definition) is 6. The van der Waals surface area contributed by atoms with Gasteiger partial charge in [-0.1, -0.05) is 265 Å². The van der Waals surface area contributed by atoms with Gasteiger partial charge >= 0.3 is 17.9 Å². The van der Waals surface area contributed by atoms with E-state index < -0.39 is 5.97 Å². The summed E-state index contributed by atoms with van der Waals surface area (Å²) in [6, 6.07) is 0. The fraction of sp³-hybridized carbons (Fsp3) is 0.732. The fourth-order valence-electron chi connectivity index (χ4n) is 8.14. The second-order valence-corrected chi connectivity index (χ2v) is 38.2. The molecule has 0 atom stereocenters. The maximum atomic E-state index is 11.1. The number of carboxylic acid groups (broad SMARTS) is 1. The van der Waals surface area contributed by atoms with Crippen molar-refractivity contribution >= 4 is 84.3 Å². The Hall–Kier alpha value is -2.03. The van der Waals surface area contributed by atoms with Crippen molar-refractivity contribution < 1.29 is 50.6 Å². The van der Waals surface area contributed by atoms with Crippen molar-refractivity contribution in [3.8, 4) is 59.7 Å². The van der Waals surface area contributed by atoms with Crippen molar-refractivity contribution in [1.29, 1.82) is 0 Å². The molecule has 0 unspecified atom stereocenters. The molecule has 0 bridgehead atoms. The Balaban J connectivity index is -0.000000137. The molecule has 0 saturated heterocycles. The number of unbranched alkanes of at least 4 members (excludes halogenated alkanes) is 33. The van der Waals surface area contributed by atoms with Crippen LogP contribution in [-0.2, 0) is 40.3 Å². The third-order valence-electron chi connectivity index (χ3n) is 13.4. The van der Waals surface area contributed by atoms with Gasteiger partial charge in [-0.3, -0.25) is 14.4 Å². The standard InChI is InChI=1S/C20H36O2.C20H32O2.C18H32O2.C8H13Br.C8H14O.C7H12.CH3.Br3P.Ni/c2*1-3-5-6-7-8-9-10-11-12-13-14-15-16-17-18-19-20(21)22-4-2;1-2-3-4-5-6-7-8-9-10-11-12-13-14-15-16-17-18(19)20;2*1-2-3-4-5-6-7-8-9;1-3-5-7-6-4-2;;1-4(2)3;/h8-9,11-12H,3-7,10,13-19H2,1-2H3;3-7,10,13-19H2,1-2H3;6-7,9-10H,2-5,8,11-17H2,1H3,(H,19,20);2-5,8H2,1H3;9H,2-5,8H2,1H3;1H,4-7H2,2H3;1H3;;/q;;;;;;-1;;/b9-8-,12-11-;;7-6-,10-9-;;;;;;/i2*10+1;3*8+1;;;;. The maximum Gasteiger partial charge on any atom is 0.305 e. The van der Waals surface area contributed by atoms with Gasteiger partial charge in [0.1, 0.15) is 10.6 Å². The van der Waals surface area contributed by atoms with E-state index in [0.29, 0.717) is 38.9 Å². The van der Waals surface area contributed by atoms with Crippen LogP contribution in [0.5, 0.6) is 0 Å². The second kappa shape index (κ2) is 116. The Morgan fingerprint density at radius 1 is 0.389 bits per heavy atom. The van der Waals surface area contributed by atoms with E-state index in [1.807, 2.05) is 13.8 Å². The Labute approximate surface area is 634 Å². The SMILES string of the molecule is BrP(Br)Br.C#CCCCCC.CCCCC/C=C\[13CH2]/C=C\CCCCCCCC(=O)O.CCCCC/C=C\[13CH2]/C=C\CCCCCCCC(=O)OCC.CCCCCC#C[13CH2]Br.CCCCCC#C[13CH2]C#CCCCCCCCC(=O)OCC.CCCCCC#C[13CH2]O.[CH3-].[Ni]. The van der Waals surface area contributed by atoms with Gasteiger partial charge in [-0.25, -0.2) is 0 Å². The molecule has 95 heavy (non-hydrogen) atoms. The van der Waals surface area contributed by atoms with Gasteiger partial charge in [-0.15, -0.1) is 36.0 Å². The van der Waals surface area contributed by atoms with Gasteiger partial charge in [-0.2, -0.15) is 0 Å². The number of carbonyl (C=O) groups excluding carboxylic acids is 2. The normalized spacial score (nSPS) is 9.82. The minimum atomic E-state index is -0.671. The molecule has 0 amide bonds. The monoisotopic (exact) mass is 1650 g/mol. The summed E-state index contributed by atoms with van der Waals surface area (Å²) in [7, 11) is 0. The van der Waals surface area contributed by atoms with Gasteiger partial charge < -0.3 is 27.1 Å². The third kappa shape index (κ3) is 148. The minimum Gasteiger partial charge on any atom is -0.481 e. The number of hydrogen-bond donors (Lipinski definition) is 2. The molecule has 0 fully saturated rings. The number of aliphatic carboxylic acids is 1. The quantitative estimate of drug-likeness (QED) is 0.00719. The van der Waals surface area contributed by atoms with Crippen molar-refractivity contribution in [2.75, 3.05) is 25.2 Å². The molecule has 13 heteroatoms. The summed E-state index contributed by atoms with van der Waals surface area (Å²) in [5.74, 6) is 25.9. The zero-order valence-corrected chi connectivity index (χ0v) is 70.4. The number of carboxylic acids is 1. The van der Waals surface area contributed by atoms with E-state index in [1.165, 1.54) is 186 Å². The van der Waals surface area contributed by atoms with E-state index in [1.54, 1.807) is 0 Å². The van der Waals surface area contributed by atoms with Crippen molar-refractivity contribution in [1.82, 2.24) is 0 Å². The summed E-state index contributed by atoms with van der Waals surface area (Å²) in [4.78, 5) is 32.6. The molecular formula is C82H142Br4NiO7P-. The predicted molar refractivity (Wildman–Crippen MR) is 434 cm³/mol. The van der Waals surface area contributed by atoms with E-state index >= 15 is 0 Å². The molecule has 0 aromatic carbocycles. The van der Waals surface area contributed by atoms with Crippen LogP contribution in [0, 0.1) is 67.1 Å². The van der Waals surface area contributed by atoms with E-state index in [4.69, 9.17) is 26.1 Å². The molecule has 0 rings (SSSR count). The van der Waals surface area contributed by atoms with E-state index in [9.17, 15) is 14.4 Å². The average molecular weight is 1650 g/mol. The number of rotatable bonds is 49. The van der Waals surface area contributed by atoms with Gasteiger partial charge in [0, 0.05) is 67.9 Å². The van der Waals surface area contributed by atoms with Crippen LogP contribution in [0.4, 0.5) is 0 Å². The summed E-state index contributed by atoms with van der Waals surface area (Å²) in [6.45, 7) is 17.9. The zero-order chi connectivity index (χ0) is 70.5. The molecule has 0 aliphatic heterocycles. The smallest absolute Gasteiger partial charge is 0.305 e. The van der Waals surface area contributed by atoms with Crippen LogP contribution in [0.25, 0.3) is 0 Å². The first-order chi connectivity index (χ1) is 45.4. The van der Waals surface area contributed by atoms with Gasteiger partial charge in [-0.05, 0) is 176 Å². The molecule has 0 spiro atoms. The number of carbonyl (C=O) groups is 3. The van der Waals surface area contributed by atoms with Crippen LogP contribution in [0.1, 0.15) is 364 Å². The van der Waals surface area contributed by atoms with Gasteiger partial charge in [0.25, 0.3) is 0 Å². The van der Waals surface area contributed by atoms with E-state index in [0.717, 1.165) is 102 Å². The average Bonchev–Trinajstić information content (AvgIpc) is 3.66.